The number of hydrogen-bond acceptors (Lipinski definition) is 6. The molecule has 0 heterocycles. The molecule has 0 aliphatic rings. The fourth-order valence-electron chi connectivity index (χ4n) is 2.29. The van der Waals surface area contributed by atoms with Crippen LogP contribution in [-0.4, -0.2) is 43.0 Å². The van der Waals surface area contributed by atoms with Crippen molar-refractivity contribution in [3.05, 3.63) is 59.2 Å². The van der Waals surface area contributed by atoms with Gasteiger partial charge in [0.1, 0.15) is 17.2 Å². The molecule has 0 spiro atoms. The molecule has 1 atom stereocenters. The summed E-state index contributed by atoms with van der Waals surface area (Å²) in [5.41, 5.74) is -0.491. The molecule has 5 N–H and O–H groups in total. The van der Waals surface area contributed by atoms with Crippen LogP contribution in [0.3, 0.4) is 0 Å². The smallest absolute Gasteiger partial charge is 0.189 e. The topological polar surface area (TPSA) is 118 Å². The molecule has 2 aromatic carbocycles. The summed E-state index contributed by atoms with van der Waals surface area (Å²) in [6, 6.07) is 8.55. The number of aliphatic hydroxyl groups is 2. The van der Waals surface area contributed by atoms with E-state index >= 15 is 0 Å². The number of phenolic OH excluding ortho intramolecular Hbond substituents is 3. The van der Waals surface area contributed by atoms with Gasteiger partial charge in [0.25, 0.3) is 0 Å². The molecule has 2 rings (SSSR count). The fourth-order valence-corrected chi connectivity index (χ4v) is 2.29. The van der Waals surface area contributed by atoms with Crippen molar-refractivity contribution in [2.75, 3.05) is 0 Å². The number of benzene rings is 2. The quantitative estimate of drug-likeness (QED) is 0.400. The lowest BCUT2D eigenvalue weighted by atomic mass is 9.93. The number of hydrogen-bond donors (Lipinski definition) is 5. The van der Waals surface area contributed by atoms with Gasteiger partial charge in [-0.3, -0.25) is 4.79 Å². The first-order chi connectivity index (χ1) is 12.1. The molecule has 6 heteroatoms. The molecule has 0 saturated carbocycles. The molecular formula is C20H22O6. The monoisotopic (exact) mass is 358 g/mol. The van der Waals surface area contributed by atoms with Gasteiger partial charge < -0.3 is 25.5 Å². The van der Waals surface area contributed by atoms with Gasteiger partial charge in [-0.05, 0) is 49.2 Å². The molecule has 26 heavy (non-hydrogen) atoms. The summed E-state index contributed by atoms with van der Waals surface area (Å²) in [6.07, 6.45) is 1.54. The van der Waals surface area contributed by atoms with E-state index in [2.05, 4.69) is 0 Å². The maximum atomic E-state index is 12.4. The number of aliphatic hydroxyl groups excluding tert-OH is 1. The van der Waals surface area contributed by atoms with Crippen LogP contribution in [0.2, 0.25) is 0 Å². The van der Waals surface area contributed by atoms with Crippen LogP contribution in [0.1, 0.15) is 35.3 Å². The number of aromatic hydroxyl groups is 3. The Hall–Kier alpha value is -2.83. The molecule has 0 radical (unpaired) electrons. The fraction of sp³-hybridized carbons (Fsp3) is 0.250. The SMILES string of the molecule is CC(C)(O)[C@H](O)Cc1cc(C(=O)/C=C/c2ccc(O)cc2)c(O)cc1O. The lowest BCUT2D eigenvalue weighted by Crippen LogP contribution is -2.37. The van der Waals surface area contributed by atoms with Crippen molar-refractivity contribution >= 4 is 11.9 Å². The van der Waals surface area contributed by atoms with E-state index in [-0.39, 0.29) is 34.8 Å². The van der Waals surface area contributed by atoms with E-state index in [1.807, 2.05) is 0 Å². The molecule has 0 saturated heterocycles. The molecule has 2 aromatic rings. The summed E-state index contributed by atoms with van der Waals surface area (Å²) < 4.78 is 0. The minimum absolute atomic E-state index is 0.0317. The van der Waals surface area contributed by atoms with Crippen molar-refractivity contribution in [3.8, 4) is 17.2 Å². The van der Waals surface area contributed by atoms with Crippen LogP contribution in [0.4, 0.5) is 0 Å². The van der Waals surface area contributed by atoms with Crippen molar-refractivity contribution in [1.82, 2.24) is 0 Å². The summed E-state index contributed by atoms with van der Waals surface area (Å²) in [6.45, 7) is 2.86. The second-order valence-corrected chi connectivity index (χ2v) is 6.66. The highest BCUT2D eigenvalue weighted by Gasteiger charge is 2.26. The van der Waals surface area contributed by atoms with Gasteiger partial charge in [-0.25, -0.2) is 0 Å². The number of phenols is 3. The first kappa shape index (κ1) is 19.5. The van der Waals surface area contributed by atoms with Crippen LogP contribution >= 0.6 is 0 Å². The summed E-state index contributed by atoms with van der Waals surface area (Å²) in [5, 5.41) is 49.0. The number of carbonyl (C=O) groups excluding carboxylic acids is 1. The Morgan fingerprint density at radius 3 is 2.27 bits per heavy atom. The van der Waals surface area contributed by atoms with Gasteiger partial charge in [0.2, 0.25) is 0 Å². The Balaban J connectivity index is 2.26. The summed E-state index contributed by atoms with van der Waals surface area (Å²) in [5.74, 6) is -1.04. The summed E-state index contributed by atoms with van der Waals surface area (Å²) >= 11 is 0. The summed E-state index contributed by atoms with van der Waals surface area (Å²) in [4.78, 5) is 12.4. The van der Waals surface area contributed by atoms with Crippen molar-refractivity contribution in [2.24, 2.45) is 0 Å². The normalized spacial score (nSPS) is 13.1. The average Bonchev–Trinajstić information content (AvgIpc) is 2.55. The maximum absolute atomic E-state index is 12.4. The number of carbonyl (C=O) groups is 1. The Bertz CT molecular complexity index is 815. The maximum Gasteiger partial charge on any atom is 0.189 e. The molecule has 0 aromatic heterocycles. The van der Waals surface area contributed by atoms with E-state index in [0.29, 0.717) is 5.56 Å². The predicted molar refractivity (Wildman–Crippen MR) is 97.3 cm³/mol. The third-order valence-corrected chi connectivity index (χ3v) is 4.01. The Morgan fingerprint density at radius 1 is 1.08 bits per heavy atom. The second kappa shape index (κ2) is 7.59. The van der Waals surface area contributed by atoms with E-state index < -0.39 is 17.5 Å². The van der Waals surface area contributed by atoms with E-state index in [4.69, 9.17) is 0 Å². The lowest BCUT2D eigenvalue weighted by Gasteiger charge is -2.25. The van der Waals surface area contributed by atoms with Crippen LogP contribution in [0, 0.1) is 0 Å². The van der Waals surface area contributed by atoms with Crippen molar-refractivity contribution in [3.63, 3.8) is 0 Å². The molecule has 0 bridgehead atoms. The van der Waals surface area contributed by atoms with Crippen LogP contribution in [0.5, 0.6) is 17.2 Å². The van der Waals surface area contributed by atoms with Gasteiger partial charge in [-0.2, -0.15) is 0 Å². The van der Waals surface area contributed by atoms with Gasteiger partial charge in [0, 0.05) is 12.5 Å². The Morgan fingerprint density at radius 2 is 1.69 bits per heavy atom. The zero-order chi connectivity index (χ0) is 19.5. The molecular weight excluding hydrogens is 336 g/mol. The van der Waals surface area contributed by atoms with Crippen LogP contribution in [0.25, 0.3) is 6.08 Å². The molecule has 0 aliphatic carbocycles. The minimum Gasteiger partial charge on any atom is -0.508 e. The average molecular weight is 358 g/mol. The first-order valence-electron chi connectivity index (χ1n) is 8.04. The molecule has 0 aliphatic heterocycles. The van der Waals surface area contributed by atoms with Gasteiger partial charge in [0.05, 0.1) is 17.3 Å². The van der Waals surface area contributed by atoms with Gasteiger partial charge >= 0.3 is 0 Å². The molecule has 138 valence electrons. The van der Waals surface area contributed by atoms with Crippen LogP contribution < -0.4 is 0 Å². The van der Waals surface area contributed by atoms with Crippen LogP contribution in [-0.2, 0) is 6.42 Å². The van der Waals surface area contributed by atoms with Crippen molar-refractivity contribution in [2.45, 2.75) is 32.0 Å². The second-order valence-electron chi connectivity index (χ2n) is 6.66. The highest BCUT2D eigenvalue weighted by molar-refractivity contribution is 6.08. The zero-order valence-corrected chi connectivity index (χ0v) is 14.5. The van der Waals surface area contributed by atoms with E-state index in [9.17, 15) is 30.3 Å². The van der Waals surface area contributed by atoms with Gasteiger partial charge in [-0.15, -0.1) is 0 Å². The van der Waals surface area contributed by atoms with Crippen molar-refractivity contribution < 1.29 is 30.3 Å². The number of rotatable bonds is 6. The Labute approximate surface area is 151 Å². The number of allylic oxidation sites excluding steroid dienone is 1. The largest absolute Gasteiger partial charge is 0.508 e. The van der Waals surface area contributed by atoms with Gasteiger partial charge in [-0.1, -0.05) is 18.2 Å². The third-order valence-electron chi connectivity index (χ3n) is 4.01. The predicted octanol–water partition coefficient (Wildman–Crippen LogP) is 2.37. The molecule has 0 amide bonds. The highest BCUT2D eigenvalue weighted by atomic mass is 16.3. The number of ketones is 1. The van der Waals surface area contributed by atoms with Crippen LogP contribution in [0.15, 0.2) is 42.5 Å². The zero-order valence-electron chi connectivity index (χ0n) is 14.5. The Kier molecular flexibility index (Phi) is 5.69. The van der Waals surface area contributed by atoms with E-state index in [0.717, 1.165) is 6.07 Å². The van der Waals surface area contributed by atoms with Crippen molar-refractivity contribution in [1.29, 1.82) is 0 Å². The van der Waals surface area contributed by atoms with E-state index in [1.54, 1.807) is 12.1 Å². The molecule has 0 unspecified atom stereocenters. The molecule has 6 nitrogen and oxygen atoms in total. The van der Waals surface area contributed by atoms with Gasteiger partial charge in [0.15, 0.2) is 5.78 Å². The van der Waals surface area contributed by atoms with E-state index in [1.165, 1.54) is 44.2 Å². The lowest BCUT2D eigenvalue weighted by molar-refractivity contribution is -0.0471. The minimum atomic E-state index is -1.38. The molecule has 0 fully saturated rings. The standard InChI is InChI=1S/C20H22O6/c1-20(2,26)19(25)10-13-9-15(18(24)11-17(13)23)16(22)8-5-12-3-6-14(21)7-4-12/h3-9,11,19,21,23-26H,10H2,1-2H3/b8-5+/t19-/m1/s1. The third kappa shape index (κ3) is 4.84. The highest BCUT2D eigenvalue weighted by Crippen LogP contribution is 2.30. The first-order valence-corrected chi connectivity index (χ1v) is 8.04. The summed E-state index contributed by atoms with van der Waals surface area (Å²) in [7, 11) is 0.